The smallest absolute Gasteiger partial charge is 0.408 e. The van der Waals surface area contributed by atoms with Gasteiger partial charge >= 0.3 is 6.18 Å². The summed E-state index contributed by atoms with van der Waals surface area (Å²) >= 11 is 0. The number of halogens is 5. The molecular weight excluding hydrogens is 499 g/mol. The first-order chi connectivity index (χ1) is 17.5. The average Bonchev–Trinajstić information content (AvgIpc) is 3.27. The van der Waals surface area contributed by atoms with Crippen LogP contribution < -0.4 is 15.4 Å². The Morgan fingerprint density at radius 2 is 1.84 bits per heavy atom. The Bertz CT molecular complexity index is 1460. The molecule has 2 unspecified atom stereocenters. The van der Waals surface area contributed by atoms with E-state index < -0.39 is 35.8 Å². The van der Waals surface area contributed by atoms with Gasteiger partial charge in [0.25, 0.3) is 5.91 Å². The number of amides is 1. The number of ether oxygens (including phenoxy) is 1. The minimum absolute atomic E-state index is 0.0144. The van der Waals surface area contributed by atoms with Crippen molar-refractivity contribution in [3.05, 3.63) is 77.2 Å². The summed E-state index contributed by atoms with van der Waals surface area (Å²) in [5.74, 6) is -2.59. The molecule has 194 valence electrons. The fourth-order valence-corrected chi connectivity index (χ4v) is 3.59. The SMILES string of the molecule is COc1ccc(C(NC(=O)c2cc(F)c3cnc(NC(C)C(F)(F)F)nc3c2)c2cnn(C)c2)cc1F. The summed E-state index contributed by atoms with van der Waals surface area (Å²) < 4.78 is 74.3. The van der Waals surface area contributed by atoms with Crippen molar-refractivity contribution in [3.8, 4) is 5.75 Å². The summed E-state index contributed by atoms with van der Waals surface area (Å²) in [7, 11) is 2.99. The number of rotatable bonds is 7. The zero-order chi connectivity index (χ0) is 26.9. The third-order valence-corrected chi connectivity index (χ3v) is 5.59. The van der Waals surface area contributed by atoms with Crippen LogP contribution in [-0.2, 0) is 7.05 Å². The van der Waals surface area contributed by atoms with Crippen molar-refractivity contribution in [2.24, 2.45) is 7.05 Å². The standard InChI is InChI=1S/C24H21F5N6O2/c1-12(24(27,28)29)32-23-30-10-16-17(25)7-14(8-19(16)33-23)22(36)34-21(15-9-31-35(2)11-15)13-4-5-20(37-3)18(26)6-13/h4-12,21H,1-3H3,(H,34,36)(H,30,32,33). The minimum atomic E-state index is -4.55. The number of alkyl halides is 3. The normalized spacial score (nSPS) is 13.3. The second-order valence-electron chi connectivity index (χ2n) is 8.24. The summed E-state index contributed by atoms with van der Waals surface area (Å²) in [6.45, 7) is 0.887. The van der Waals surface area contributed by atoms with E-state index in [0.717, 1.165) is 19.2 Å². The summed E-state index contributed by atoms with van der Waals surface area (Å²) in [5.41, 5.74) is 0.666. The van der Waals surface area contributed by atoms with E-state index in [4.69, 9.17) is 4.74 Å². The van der Waals surface area contributed by atoms with E-state index in [9.17, 15) is 26.7 Å². The van der Waals surface area contributed by atoms with Gasteiger partial charge in [-0.25, -0.2) is 18.7 Å². The van der Waals surface area contributed by atoms with Crippen LogP contribution in [0.5, 0.6) is 5.75 Å². The highest BCUT2D eigenvalue weighted by molar-refractivity contribution is 5.98. The molecule has 37 heavy (non-hydrogen) atoms. The van der Waals surface area contributed by atoms with E-state index in [-0.39, 0.29) is 28.2 Å². The highest BCUT2D eigenvalue weighted by atomic mass is 19.4. The maximum absolute atomic E-state index is 14.8. The predicted octanol–water partition coefficient (Wildman–Crippen LogP) is 4.53. The number of carbonyl (C=O) groups is 1. The van der Waals surface area contributed by atoms with Gasteiger partial charge in [-0.05, 0) is 36.8 Å². The lowest BCUT2D eigenvalue weighted by Crippen LogP contribution is -2.33. The third-order valence-electron chi connectivity index (χ3n) is 5.59. The third kappa shape index (κ3) is 5.60. The van der Waals surface area contributed by atoms with Gasteiger partial charge in [0.1, 0.15) is 11.9 Å². The molecule has 0 bridgehead atoms. The van der Waals surface area contributed by atoms with Gasteiger partial charge in [-0.1, -0.05) is 6.07 Å². The minimum Gasteiger partial charge on any atom is -0.494 e. The molecule has 0 saturated carbocycles. The molecule has 1 amide bonds. The van der Waals surface area contributed by atoms with Gasteiger partial charge in [0.2, 0.25) is 5.95 Å². The first-order valence-electron chi connectivity index (χ1n) is 10.9. The van der Waals surface area contributed by atoms with E-state index in [0.29, 0.717) is 11.1 Å². The van der Waals surface area contributed by atoms with Crippen LogP contribution >= 0.6 is 0 Å². The van der Waals surface area contributed by atoms with E-state index in [1.165, 1.54) is 36.2 Å². The molecule has 0 aliphatic heterocycles. The Kier molecular flexibility index (Phi) is 6.96. The zero-order valence-corrected chi connectivity index (χ0v) is 19.8. The Hall–Kier alpha value is -4.29. The van der Waals surface area contributed by atoms with Gasteiger partial charge in [-0.3, -0.25) is 9.48 Å². The van der Waals surface area contributed by atoms with E-state index >= 15 is 0 Å². The lowest BCUT2D eigenvalue weighted by molar-refractivity contribution is -0.138. The number of aromatic nitrogens is 4. The molecule has 2 atom stereocenters. The molecule has 0 radical (unpaired) electrons. The number of hydrogen-bond acceptors (Lipinski definition) is 6. The Morgan fingerprint density at radius 3 is 2.46 bits per heavy atom. The molecule has 0 saturated heterocycles. The molecule has 13 heteroatoms. The molecule has 8 nitrogen and oxygen atoms in total. The summed E-state index contributed by atoms with van der Waals surface area (Å²) in [4.78, 5) is 20.8. The van der Waals surface area contributed by atoms with Crippen LogP contribution in [0, 0.1) is 11.6 Å². The number of nitrogens with zero attached hydrogens (tertiary/aromatic N) is 4. The second-order valence-corrected chi connectivity index (χ2v) is 8.24. The number of anilines is 1. The van der Waals surface area contributed by atoms with Crippen molar-refractivity contribution in [3.63, 3.8) is 0 Å². The Morgan fingerprint density at radius 1 is 1.08 bits per heavy atom. The van der Waals surface area contributed by atoms with Crippen molar-refractivity contribution < 1.29 is 31.5 Å². The van der Waals surface area contributed by atoms with Crippen molar-refractivity contribution in [1.82, 2.24) is 25.1 Å². The lowest BCUT2D eigenvalue weighted by Gasteiger charge is -2.19. The number of benzene rings is 2. The largest absolute Gasteiger partial charge is 0.494 e. The average molecular weight is 520 g/mol. The van der Waals surface area contributed by atoms with Gasteiger partial charge in [0.15, 0.2) is 11.6 Å². The highest BCUT2D eigenvalue weighted by Gasteiger charge is 2.36. The molecule has 0 aliphatic carbocycles. The van der Waals surface area contributed by atoms with Crippen LogP contribution in [0.2, 0.25) is 0 Å². The Balaban J connectivity index is 1.67. The number of fused-ring (bicyclic) bond motifs is 1. The highest BCUT2D eigenvalue weighted by Crippen LogP contribution is 2.28. The summed E-state index contributed by atoms with van der Waals surface area (Å²) in [6, 6.07) is 3.54. The number of hydrogen-bond donors (Lipinski definition) is 2. The Labute approximate surface area is 207 Å². The molecule has 0 fully saturated rings. The van der Waals surface area contributed by atoms with Crippen LogP contribution in [-0.4, -0.2) is 45.0 Å². The maximum Gasteiger partial charge on any atom is 0.408 e. The van der Waals surface area contributed by atoms with Crippen LogP contribution in [0.25, 0.3) is 10.9 Å². The molecule has 4 rings (SSSR count). The van der Waals surface area contributed by atoms with E-state index in [1.54, 1.807) is 19.3 Å². The zero-order valence-electron chi connectivity index (χ0n) is 19.8. The molecular formula is C24H21F5N6O2. The first kappa shape index (κ1) is 25.8. The maximum atomic E-state index is 14.8. The molecule has 0 spiro atoms. The molecule has 2 aromatic carbocycles. The first-order valence-corrected chi connectivity index (χ1v) is 10.9. The van der Waals surface area contributed by atoms with Crippen LogP contribution in [0.4, 0.5) is 27.9 Å². The molecule has 2 heterocycles. The molecule has 4 aromatic rings. The lowest BCUT2D eigenvalue weighted by atomic mass is 10.0. The van der Waals surface area contributed by atoms with Gasteiger partial charge in [0, 0.05) is 30.6 Å². The second kappa shape index (κ2) is 9.99. The van der Waals surface area contributed by atoms with E-state index in [2.05, 4.69) is 25.7 Å². The van der Waals surface area contributed by atoms with Gasteiger partial charge in [0.05, 0.1) is 30.3 Å². The predicted molar refractivity (Wildman–Crippen MR) is 124 cm³/mol. The quantitative estimate of drug-likeness (QED) is 0.348. The molecule has 0 aliphatic rings. The van der Waals surface area contributed by atoms with Crippen LogP contribution in [0.15, 0.2) is 48.9 Å². The van der Waals surface area contributed by atoms with Crippen molar-refractivity contribution in [1.29, 1.82) is 0 Å². The number of carbonyl (C=O) groups excluding carboxylic acids is 1. The number of aryl methyl sites for hydroxylation is 1. The van der Waals surface area contributed by atoms with Gasteiger partial charge in [-0.2, -0.15) is 18.3 Å². The summed E-state index contributed by atoms with van der Waals surface area (Å²) in [5, 5.41) is 8.84. The molecule has 2 aromatic heterocycles. The van der Waals surface area contributed by atoms with Crippen molar-refractivity contribution >= 4 is 22.8 Å². The molecule has 2 N–H and O–H groups in total. The fraction of sp³-hybridized carbons (Fsp3) is 0.250. The van der Waals surface area contributed by atoms with Crippen LogP contribution in [0.1, 0.15) is 34.5 Å². The summed E-state index contributed by atoms with van der Waals surface area (Å²) in [6.07, 6.45) is -0.404. The van der Waals surface area contributed by atoms with Crippen molar-refractivity contribution in [2.45, 2.75) is 25.2 Å². The van der Waals surface area contributed by atoms with Gasteiger partial charge < -0.3 is 15.4 Å². The van der Waals surface area contributed by atoms with Crippen molar-refractivity contribution in [2.75, 3.05) is 12.4 Å². The van der Waals surface area contributed by atoms with Crippen LogP contribution in [0.3, 0.4) is 0 Å². The monoisotopic (exact) mass is 520 g/mol. The number of methoxy groups -OCH3 is 1. The number of nitrogens with one attached hydrogen (secondary N) is 2. The van der Waals surface area contributed by atoms with E-state index in [1.807, 2.05) is 0 Å². The fourth-order valence-electron chi connectivity index (χ4n) is 3.59. The topological polar surface area (TPSA) is 94.0 Å². The van der Waals surface area contributed by atoms with Gasteiger partial charge in [-0.15, -0.1) is 0 Å².